The lowest BCUT2D eigenvalue weighted by Crippen LogP contribution is -2.48. The molecule has 0 bridgehead atoms. The summed E-state index contributed by atoms with van der Waals surface area (Å²) < 4.78 is 24.9. The van der Waals surface area contributed by atoms with Gasteiger partial charge in [-0.05, 0) is 29.8 Å². The molecule has 0 radical (unpaired) electrons. The fourth-order valence-electron chi connectivity index (χ4n) is 3.33. The maximum Gasteiger partial charge on any atom is 0.211 e. The van der Waals surface area contributed by atoms with Crippen molar-refractivity contribution in [3.63, 3.8) is 0 Å². The Morgan fingerprint density at radius 3 is 2.35 bits per heavy atom. The van der Waals surface area contributed by atoms with Gasteiger partial charge in [0.15, 0.2) is 0 Å². The molecule has 1 aliphatic heterocycles. The zero-order valence-corrected chi connectivity index (χ0v) is 15.4. The molecule has 0 aliphatic carbocycles. The third-order valence-corrected chi connectivity index (χ3v) is 6.03. The topological polar surface area (TPSA) is 66.4 Å². The summed E-state index contributed by atoms with van der Waals surface area (Å²) in [5, 5.41) is 1.08. The zero-order valence-electron chi connectivity index (χ0n) is 14.5. The summed E-state index contributed by atoms with van der Waals surface area (Å²) in [6.45, 7) is 2.26. The summed E-state index contributed by atoms with van der Waals surface area (Å²) in [5.41, 5.74) is 3.10. The van der Waals surface area contributed by atoms with Crippen LogP contribution in [0, 0.1) is 0 Å². The number of benzene rings is 1. The number of fused-ring (bicyclic) bond motifs is 1. The average molecular weight is 368 g/mol. The highest BCUT2D eigenvalue weighted by molar-refractivity contribution is 7.88. The second-order valence-corrected chi connectivity index (χ2v) is 8.41. The van der Waals surface area contributed by atoms with Crippen LogP contribution in [0.15, 0.2) is 54.9 Å². The van der Waals surface area contributed by atoms with Gasteiger partial charge >= 0.3 is 0 Å². The first-order valence-corrected chi connectivity index (χ1v) is 10.4. The molecule has 0 unspecified atom stereocenters. The van der Waals surface area contributed by atoms with Gasteiger partial charge in [-0.25, -0.2) is 13.4 Å². The number of sulfonamides is 1. The third kappa shape index (κ3) is 3.27. The second-order valence-electron chi connectivity index (χ2n) is 6.43. The van der Waals surface area contributed by atoms with Crippen molar-refractivity contribution in [3.8, 4) is 11.1 Å². The predicted molar refractivity (Wildman–Crippen MR) is 104 cm³/mol. The highest BCUT2D eigenvalue weighted by Crippen LogP contribution is 2.29. The first kappa shape index (κ1) is 16.9. The monoisotopic (exact) mass is 368 g/mol. The van der Waals surface area contributed by atoms with Crippen LogP contribution >= 0.6 is 0 Å². The number of piperazine rings is 1. The Bertz CT molecular complexity index is 1030. The van der Waals surface area contributed by atoms with E-state index in [9.17, 15) is 8.42 Å². The number of hydrogen-bond acceptors (Lipinski definition) is 5. The Labute approximate surface area is 153 Å². The quantitative estimate of drug-likeness (QED) is 0.710. The molecule has 1 aromatic carbocycles. The van der Waals surface area contributed by atoms with Gasteiger partial charge in [-0.1, -0.05) is 18.2 Å². The van der Waals surface area contributed by atoms with Crippen LogP contribution < -0.4 is 4.90 Å². The van der Waals surface area contributed by atoms with Crippen molar-refractivity contribution in [2.24, 2.45) is 0 Å². The van der Waals surface area contributed by atoms with Crippen LogP contribution in [0.1, 0.15) is 0 Å². The molecule has 26 heavy (non-hydrogen) atoms. The maximum atomic E-state index is 11.7. The van der Waals surface area contributed by atoms with E-state index in [-0.39, 0.29) is 0 Å². The second kappa shape index (κ2) is 6.66. The van der Waals surface area contributed by atoms with Gasteiger partial charge < -0.3 is 4.90 Å². The van der Waals surface area contributed by atoms with E-state index in [1.165, 1.54) is 10.6 Å². The fourth-order valence-corrected chi connectivity index (χ4v) is 4.15. The van der Waals surface area contributed by atoms with Crippen LogP contribution in [-0.2, 0) is 10.0 Å². The molecule has 4 rings (SSSR count). The fraction of sp³-hybridized carbons (Fsp3) is 0.263. The van der Waals surface area contributed by atoms with Gasteiger partial charge in [-0.2, -0.15) is 4.31 Å². The van der Waals surface area contributed by atoms with Crippen molar-refractivity contribution in [1.82, 2.24) is 14.3 Å². The van der Waals surface area contributed by atoms with Crippen molar-refractivity contribution in [3.05, 3.63) is 54.9 Å². The summed E-state index contributed by atoms with van der Waals surface area (Å²) >= 11 is 0. The normalized spacial score (nSPS) is 16.1. The zero-order chi connectivity index (χ0) is 18.1. The first-order chi connectivity index (χ1) is 12.5. The van der Waals surface area contributed by atoms with Crippen LogP contribution in [0.3, 0.4) is 0 Å². The molecule has 3 aromatic rings. The maximum absolute atomic E-state index is 11.7. The van der Waals surface area contributed by atoms with Crippen LogP contribution in [0.25, 0.3) is 22.0 Å². The minimum Gasteiger partial charge on any atom is -0.354 e. The van der Waals surface area contributed by atoms with Crippen molar-refractivity contribution in [2.75, 3.05) is 37.3 Å². The molecule has 1 aliphatic rings. The standard InChI is InChI=1S/C19H20N4O2S/c1-26(24,25)23-13-11-22(12-14-23)18-6-5-16-3-2-4-17(19(16)21-18)15-7-9-20-10-8-15/h2-10H,11-14H2,1H3. The Kier molecular flexibility index (Phi) is 4.34. The van der Waals surface area contributed by atoms with E-state index in [2.05, 4.69) is 28.1 Å². The van der Waals surface area contributed by atoms with Crippen LogP contribution in [0.2, 0.25) is 0 Å². The van der Waals surface area contributed by atoms with Crippen LogP contribution in [0.4, 0.5) is 5.82 Å². The molecule has 0 spiro atoms. The molecule has 0 N–H and O–H groups in total. The highest BCUT2D eigenvalue weighted by Gasteiger charge is 2.24. The number of hydrogen-bond donors (Lipinski definition) is 0. The van der Waals surface area contributed by atoms with Gasteiger partial charge in [0.05, 0.1) is 11.8 Å². The third-order valence-electron chi connectivity index (χ3n) is 4.73. The minimum absolute atomic E-state index is 0.491. The summed E-state index contributed by atoms with van der Waals surface area (Å²) in [6.07, 6.45) is 4.82. The molecule has 134 valence electrons. The summed E-state index contributed by atoms with van der Waals surface area (Å²) in [5.74, 6) is 0.882. The van der Waals surface area contributed by atoms with Gasteiger partial charge in [0.25, 0.3) is 0 Å². The molecular formula is C19H20N4O2S. The molecule has 3 heterocycles. The number of para-hydroxylation sites is 1. The molecule has 0 amide bonds. The van der Waals surface area contributed by atoms with Crippen molar-refractivity contribution < 1.29 is 8.42 Å². The minimum atomic E-state index is -3.13. The molecular weight excluding hydrogens is 348 g/mol. The van der Waals surface area contributed by atoms with Gasteiger partial charge in [-0.3, -0.25) is 4.98 Å². The SMILES string of the molecule is CS(=O)(=O)N1CCN(c2ccc3cccc(-c4ccncc4)c3n2)CC1. The lowest BCUT2D eigenvalue weighted by atomic mass is 10.0. The number of nitrogens with zero attached hydrogens (tertiary/aromatic N) is 4. The lowest BCUT2D eigenvalue weighted by molar-refractivity contribution is 0.387. The van der Waals surface area contributed by atoms with Gasteiger partial charge in [0.2, 0.25) is 10.0 Å². The van der Waals surface area contributed by atoms with Crippen molar-refractivity contribution in [1.29, 1.82) is 0 Å². The summed E-state index contributed by atoms with van der Waals surface area (Å²) in [6, 6.07) is 14.2. The van der Waals surface area contributed by atoms with E-state index in [0.717, 1.165) is 27.8 Å². The number of aromatic nitrogens is 2. The predicted octanol–water partition coefficient (Wildman–Crippen LogP) is 2.38. The molecule has 6 nitrogen and oxygen atoms in total. The molecule has 0 atom stereocenters. The summed E-state index contributed by atoms with van der Waals surface area (Å²) in [4.78, 5) is 11.1. The molecule has 2 aromatic heterocycles. The Morgan fingerprint density at radius 1 is 0.923 bits per heavy atom. The molecule has 0 saturated carbocycles. The van der Waals surface area contributed by atoms with Crippen LogP contribution in [0.5, 0.6) is 0 Å². The smallest absolute Gasteiger partial charge is 0.211 e. The van der Waals surface area contributed by atoms with E-state index in [0.29, 0.717) is 26.2 Å². The van der Waals surface area contributed by atoms with E-state index in [1.807, 2.05) is 24.3 Å². The van der Waals surface area contributed by atoms with Gasteiger partial charge in [0, 0.05) is 49.5 Å². The van der Waals surface area contributed by atoms with E-state index in [1.54, 1.807) is 12.4 Å². The molecule has 1 saturated heterocycles. The average Bonchev–Trinajstić information content (AvgIpc) is 2.67. The van der Waals surface area contributed by atoms with Gasteiger partial charge in [0.1, 0.15) is 5.82 Å². The van der Waals surface area contributed by atoms with Crippen molar-refractivity contribution >= 4 is 26.7 Å². The molecule has 1 fully saturated rings. The number of rotatable bonds is 3. The Morgan fingerprint density at radius 2 is 1.65 bits per heavy atom. The first-order valence-electron chi connectivity index (χ1n) is 8.53. The van der Waals surface area contributed by atoms with E-state index < -0.39 is 10.0 Å². The largest absolute Gasteiger partial charge is 0.354 e. The van der Waals surface area contributed by atoms with E-state index in [4.69, 9.17) is 4.98 Å². The van der Waals surface area contributed by atoms with Crippen molar-refractivity contribution in [2.45, 2.75) is 0 Å². The molecule has 7 heteroatoms. The van der Waals surface area contributed by atoms with E-state index >= 15 is 0 Å². The summed E-state index contributed by atoms with van der Waals surface area (Å²) in [7, 11) is -3.13. The number of pyridine rings is 2. The Balaban J connectivity index is 1.68. The van der Waals surface area contributed by atoms with Gasteiger partial charge in [-0.15, -0.1) is 0 Å². The highest BCUT2D eigenvalue weighted by atomic mass is 32.2. The van der Waals surface area contributed by atoms with Crippen LogP contribution in [-0.4, -0.2) is 55.1 Å². The lowest BCUT2D eigenvalue weighted by Gasteiger charge is -2.34. The Hall–Kier alpha value is -2.51. The number of anilines is 1.